The molecule has 7 heteroatoms. The number of rotatable bonds is 7. The van der Waals surface area contributed by atoms with Crippen molar-refractivity contribution in [3.63, 3.8) is 0 Å². The van der Waals surface area contributed by atoms with Crippen LogP contribution in [-0.2, 0) is 4.79 Å². The Kier molecular flexibility index (Phi) is 7.16. The lowest BCUT2D eigenvalue weighted by molar-refractivity contribution is -0.141. The van der Waals surface area contributed by atoms with Gasteiger partial charge in [0.25, 0.3) is 5.91 Å². The van der Waals surface area contributed by atoms with Gasteiger partial charge in [-0.25, -0.2) is 9.18 Å². The van der Waals surface area contributed by atoms with E-state index in [9.17, 15) is 19.1 Å². The average molecular weight is 412 g/mol. The highest BCUT2D eigenvalue weighted by Crippen LogP contribution is 2.31. The number of carbonyl (C=O) groups excluding carboxylic acids is 1. The Morgan fingerprint density at radius 3 is 2.43 bits per heavy atom. The van der Waals surface area contributed by atoms with Crippen molar-refractivity contribution in [1.29, 1.82) is 0 Å². The zero-order valence-corrected chi connectivity index (χ0v) is 16.6. The Morgan fingerprint density at radius 1 is 1.14 bits per heavy atom. The van der Waals surface area contributed by atoms with E-state index in [1.54, 1.807) is 0 Å². The molecule has 1 atom stereocenters. The quantitative estimate of drug-likeness (QED) is 0.675. The maximum Gasteiger partial charge on any atom is 0.326 e. The van der Waals surface area contributed by atoms with Crippen molar-refractivity contribution in [2.45, 2.75) is 63.8 Å². The molecule has 0 spiro atoms. The molecule has 2 aliphatic rings. The molecule has 2 fully saturated rings. The van der Waals surface area contributed by atoms with Gasteiger partial charge >= 0.3 is 5.97 Å². The molecule has 0 aliphatic heterocycles. The van der Waals surface area contributed by atoms with Gasteiger partial charge < -0.3 is 15.2 Å². The Hall–Kier alpha value is -1.82. The highest BCUT2D eigenvalue weighted by molar-refractivity contribution is 6.32. The van der Waals surface area contributed by atoms with Crippen molar-refractivity contribution in [2.24, 2.45) is 11.8 Å². The van der Waals surface area contributed by atoms with Crippen molar-refractivity contribution in [3.8, 4) is 5.75 Å². The molecule has 5 nitrogen and oxygen atoms in total. The van der Waals surface area contributed by atoms with Gasteiger partial charge in [0.2, 0.25) is 0 Å². The summed E-state index contributed by atoms with van der Waals surface area (Å²) in [6, 6.07) is 1.31. The number of carbonyl (C=O) groups is 2. The predicted octanol–water partition coefficient (Wildman–Crippen LogP) is 4.81. The van der Waals surface area contributed by atoms with E-state index in [1.165, 1.54) is 18.9 Å². The van der Waals surface area contributed by atoms with E-state index in [1.807, 2.05) is 0 Å². The Bertz CT molecular complexity index is 715. The fraction of sp³-hybridized carbons (Fsp3) is 0.619. The molecule has 1 aromatic carbocycles. The van der Waals surface area contributed by atoms with E-state index in [0.717, 1.165) is 51.0 Å². The van der Waals surface area contributed by atoms with E-state index >= 15 is 0 Å². The van der Waals surface area contributed by atoms with Crippen molar-refractivity contribution in [1.82, 2.24) is 5.32 Å². The Balaban J connectivity index is 1.68. The molecule has 2 N–H and O–H groups in total. The van der Waals surface area contributed by atoms with Crippen LogP contribution in [0.15, 0.2) is 12.1 Å². The van der Waals surface area contributed by atoms with Gasteiger partial charge in [-0.05, 0) is 43.6 Å². The minimum absolute atomic E-state index is 0.136. The summed E-state index contributed by atoms with van der Waals surface area (Å²) in [4.78, 5) is 24.2. The number of nitrogens with one attached hydrogen (secondary N) is 1. The van der Waals surface area contributed by atoms with Crippen molar-refractivity contribution >= 4 is 23.5 Å². The normalized spacial score (nSPS) is 19.4. The topological polar surface area (TPSA) is 75.6 Å². The molecule has 0 unspecified atom stereocenters. The maximum absolute atomic E-state index is 14.5. The van der Waals surface area contributed by atoms with Gasteiger partial charge in [-0.3, -0.25) is 4.79 Å². The number of halogens is 2. The van der Waals surface area contributed by atoms with E-state index in [4.69, 9.17) is 16.3 Å². The van der Waals surface area contributed by atoms with Crippen LogP contribution in [0.5, 0.6) is 5.75 Å². The molecule has 0 heterocycles. The number of hydrogen-bond acceptors (Lipinski definition) is 3. The first-order valence-corrected chi connectivity index (χ1v) is 10.5. The highest BCUT2D eigenvalue weighted by atomic mass is 35.5. The van der Waals surface area contributed by atoms with Crippen LogP contribution in [0.2, 0.25) is 5.02 Å². The molecule has 28 heavy (non-hydrogen) atoms. The van der Waals surface area contributed by atoms with Crippen molar-refractivity contribution in [3.05, 3.63) is 28.5 Å². The van der Waals surface area contributed by atoms with Crippen LogP contribution < -0.4 is 10.1 Å². The first kappa shape index (κ1) is 20.9. The molecule has 1 aromatic rings. The van der Waals surface area contributed by atoms with Crippen LogP contribution in [0.1, 0.15) is 68.1 Å². The zero-order chi connectivity index (χ0) is 20.1. The van der Waals surface area contributed by atoms with Crippen LogP contribution in [0.3, 0.4) is 0 Å². The van der Waals surface area contributed by atoms with E-state index in [2.05, 4.69) is 5.32 Å². The summed E-state index contributed by atoms with van der Waals surface area (Å²) in [5, 5.41) is 12.1. The molecule has 0 aromatic heterocycles. The number of hydrogen-bond donors (Lipinski definition) is 2. The molecule has 0 saturated heterocycles. The minimum atomic E-state index is -1.09. The first-order valence-electron chi connectivity index (χ1n) is 10.1. The highest BCUT2D eigenvalue weighted by Gasteiger charge is 2.31. The third-order valence-electron chi connectivity index (χ3n) is 5.89. The molecule has 154 valence electrons. The largest absolute Gasteiger partial charge is 0.492 e. The zero-order valence-electron chi connectivity index (χ0n) is 15.9. The van der Waals surface area contributed by atoms with Gasteiger partial charge in [0.1, 0.15) is 17.6 Å². The SMILES string of the molecule is O=C(N[C@@H](C(=O)O)C1CCCCC1)c1cc(Cl)c(OCC2CCCC2)cc1F. The number of aliphatic carboxylic acids is 1. The lowest BCUT2D eigenvalue weighted by atomic mass is 9.84. The molecule has 2 saturated carbocycles. The van der Waals surface area contributed by atoms with Crippen LogP contribution in [0.4, 0.5) is 4.39 Å². The van der Waals surface area contributed by atoms with Crippen LogP contribution in [0, 0.1) is 17.7 Å². The average Bonchev–Trinajstić information content (AvgIpc) is 3.20. The number of amides is 1. The second kappa shape index (κ2) is 9.59. The van der Waals surface area contributed by atoms with Gasteiger partial charge in [0, 0.05) is 6.07 Å². The molecule has 1 amide bonds. The van der Waals surface area contributed by atoms with Crippen molar-refractivity contribution < 1.29 is 23.8 Å². The first-order chi connectivity index (χ1) is 13.5. The van der Waals surface area contributed by atoms with Crippen LogP contribution in [0.25, 0.3) is 0 Å². The smallest absolute Gasteiger partial charge is 0.326 e. The summed E-state index contributed by atoms with van der Waals surface area (Å²) in [5.41, 5.74) is -0.264. The van der Waals surface area contributed by atoms with Gasteiger partial charge in [-0.2, -0.15) is 0 Å². The minimum Gasteiger partial charge on any atom is -0.492 e. The fourth-order valence-electron chi connectivity index (χ4n) is 4.27. The standard InChI is InChI=1S/C21H27ClFNO4/c22-16-10-15(17(23)11-18(16)28-12-13-6-4-5-7-13)20(25)24-19(21(26)27)14-8-2-1-3-9-14/h10-11,13-14,19H,1-9,12H2,(H,24,25)(H,26,27)/t19-/m1/s1. The molecule has 0 radical (unpaired) electrons. The summed E-state index contributed by atoms with van der Waals surface area (Å²) in [7, 11) is 0. The number of carboxylic acid groups (broad SMARTS) is 1. The van der Waals surface area contributed by atoms with Gasteiger partial charge in [0.05, 0.1) is 17.2 Å². The number of ether oxygens (including phenoxy) is 1. The van der Waals surface area contributed by atoms with Gasteiger partial charge in [-0.1, -0.05) is 43.7 Å². The molecule has 0 bridgehead atoms. The van der Waals surface area contributed by atoms with E-state index in [0.29, 0.717) is 12.5 Å². The van der Waals surface area contributed by atoms with Crippen molar-refractivity contribution in [2.75, 3.05) is 6.61 Å². The second-order valence-electron chi connectivity index (χ2n) is 7.91. The summed E-state index contributed by atoms with van der Waals surface area (Å²) >= 11 is 6.19. The summed E-state index contributed by atoms with van der Waals surface area (Å²) < 4.78 is 20.2. The molecule has 2 aliphatic carbocycles. The van der Waals surface area contributed by atoms with E-state index < -0.39 is 23.7 Å². The Morgan fingerprint density at radius 2 is 1.79 bits per heavy atom. The predicted molar refractivity (Wildman–Crippen MR) is 104 cm³/mol. The Labute approximate surface area is 169 Å². The van der Waals surface area contributed by atoms with E-state index in [-0.39, 0.29) is 22.3 Å². The maximum atomic E-state index is 14.5. The van der Waals surface area contributed by atoms with Gasteiger partial charge in [-0.15, -0.1) is 0 Å². The number of carboxylic acids is 1. The monoisotopic (exact) mass is 411 g/mol. The summed E-state index contributed by atoms with van der Waals surface area (Å²) in [5.74, 6) is -2.10. The lowest BCUT2D eigenvalue weighted by Crippen LogP contribution is -2.46. The lowest BCUT2D eigenvalue weighted by Gasteiger charge is -2.28. The molecule has 3 rings (SSSR count). The summed E-state index contributed by atoms with van der Waals surface area (Å²) in [6.07, 6.45) is 9.00. The third-order valence-corrected chi connectivity index (χ3v) is 6.18. The van der Waals surface area contributed by atoms with Crippen LogP contribution in [-0.4, -0.2) is 29.6 Å². The second-order valence-corrected chi connectivity index (χ2v) is 8.32. The third kappa shape index (κ3) is 5.16. The fourth-order valence-corrected chi connectivity index (χ4v) is 4.48. The summed E-state index contributed by atoms with van der Waals surface area (Å²) in [6.45, 7) is 0.480. The van der Waals surface area contributed by atoms with Crippen LogP contribution >= 0.6 is 11.6 Å². The molecular weight excluding hydrogens is 385 g/mol. The molecular formula is C21H27ClFNO4. The van der Waals surface area contributed by atoms with Gasteiger partial charge in [0.15, 0.2) is 0 Å². The number of benzene rings is 1.